The zero-order valence-electron chi connectivity index (χ0n) is 14.5. The average Bonchev–Trinajstić information content (AvgIpc) is 2.62. The zero-order valence-corrected chi connectivity index (χ0v) is 14.5. The molecule has 0 saturated carbocycles. The van der Waals surface area contributed by atoms with E-state index in [1.165, 1.54) is 6.07 Å². The van der Waals surface area contributed by atoms with Crippen LogP contribution in [0.15, 0.2) is 48.5 Å². The molecule has 0 radical (unpaired) electrons. The van der Waals surface area contributed by atoms with Gasteiger partial charge in [-0.15, -0.1) is 0 Å². The Morgan fingerprint density at radius 1 is 1.12 bits per heavy atom. The summed E-state index contributed by atoms with van der Waals surface area (Å²) in [4.78, 5) is 14.6. The number of hydrogen-bond acceptors (Lipinski definition) is 2. The summed E-state index contributed by atoms with van der Waals surface area (Å²) in [5.41, 5.74) is 0.466. The SMILES string of the molecule is CC1CCCCN1c1ccc(C(F)(F)F)cc1NC(=O)c1ccccc1. The number of benzene rings is 2. The second-order valence-corrected chi connectivity index (χ2v) is 6.59. The molecule has 1 N–H and O–H groups in total. The Labute approximate surface area is 150 Å². The third-order valence-corrected chi connectivity index (χ3v) is 4.72. The molecule has 1 unspecified atom stereocenters. The molecule has 0 aromatic heterocycles. The third kappa shape index (κ3) is 4.00. The minimum atomic E-state index is -4.46. The van der Waals surface area contributed by atoms with E-state index in [9.17, 15) is 18.0 Å². The molecule has 1 heterocycles. The van der Waals surface area contributed by atoms with Gasteiger partial charge in [0.25, 0.3) is 5.91 Å². The molecule has 1 atom stereocenters. The van der Waals surface area contributed by atoms with Crippen molar-refractivity contribution >= 4 is 17.3 Å². The van der Waals surface area contributed by atoms with Gasteiger partial charge in [0.1, 0.15) is 0 Å². The Balaban J connectivity index is 1.97. The summed E-state index contributed by atoms with van der Waals surface area (Å²) in [7, 11) is 0. The molecular formula is C20H21F3N2O. The first-order valence-electron chi connectivity index (χ1n) is 8.70. The van der Waals surface area contributed by atoms with Crippen molar-refractivity contribution in [1.82, 2.24) is 0 Å². The summed E-state index contributed by atoms with van der Waals surface area (Å²) in [6.45, 7) is 2.82. The maximum atomic E-state index is 13.2. The Morgan fingerprint density at radius 2 is 1.85 bits per heavy atom. The minimum Gasteiger partial charge on any atom is -0.367 e. The fourth-order valence-electron chi connectivity index (χ4n) is 3.30. The molecule has 2 aromatic carbocycles. The van der Waals surface area contributed by atoms with Gasteiger partial charge in [0, 0.05) is 18.2 Å². The van der Waals surface area contributed by atoms with Crippen LogP contribution in [0.5, 0.6) is 0 Å². The number of hydrogen-bond donors (Lipinski definition) is 1. The van der Waals surface area contributed by atoms with E-state index >= 15 is 0 Å². The van der Waals surface area contributed by atoms with Crippen molar-refractivity contribution in [2.45, 2.75) is 38.4 Å². The van der Waals surface area contributed by atoms with Crippen molar-refractivity contribution in [2.24, 2.45) is 0 Å². The number of nitrogens with one attached hydrogen (secondary N) is 1. The van der Waals surface area contributed by atoms with E-state index in [2.05, 4.69) is 17.1 Å². The van der Waals surface area contributed by atoms with Gasteiger partial charge in [-0.1, -0.05) is 18.2 Å². The van der Waals surface area contributed by atoms with Gasteiger partial charge >= 0.3 is 6.18 Å². The average molecular weight is 362 g/mol. The number of alkyl halides is 3. The van der Waals surface area contributed by atoms with Crippen molar-refractivity contribution in [3.8, 4) is 0 Å². The van der Waals surface area contributed by atoms with E-state index in [1.807, 2.05) is 0 Å². The number of carbonyl (C=O) groups excluding carboxylic acids is 1. The predicted octanol–water partition coefficient (Wildman–Crippen LogP) is 5.34. The number of carbonyl (C=O) groups is 1. The van der Waals surface area contributed by atoms with Gasteiger partial charge in [-0.25, -0.2) is 0 Å². The van der Waals surface area contributed by atoms with Crippen LogP contribution >= 0.6 is 0 Å². The molecule has 0 spiro atoms. The number of amides is 1. The van der Waals surface area contributed by atoms with Gasteiger partial charge in [0.2, 0.25) is 0 Å². The maximum Gasteiger partial charge on any atom is 0.416 e. The summed E-state index contributed by atoms with van der Waals surface area (Å²) in [6, 6.07) is 12.3. The van der Waals surface area contributed by atoms with Crippen LogP contribution < -0.4 is 10.2 Å². The molecular weight excluding hydrogens is 341 g/mol. The molecule has 138 valence electrons. The number of halogens is 3. The van der Waals surface area contributed by atoms with Gasteiger partial charge in [-0.3, -0.25) is 4.79 Å². The van der Waals surface area contributed by atoms with Crippen molar-refractivity contribution in [2.75, 3.05) is 16.8 Å². The van der Waals surface area contributed by atoms with Crippen molar-refractivity contribution in [1.29, 1.82) is 0 Å². The Morgan fingerprint density at radius 3 is 2.50 bits per heavy atom. The molecule has 3 rings (SSSR count). The monoisotopic (exact) mass is 362 g/mol. The highest BCUT2D eigenvalue weighted by Crippen LogP contribution is 2.37. The lowest BCUT2D eigenvalue weighted by Gasteiger charge is -2.36. The quantitative estimate of drug-likeness (QED) is 0.800. The van der Waals surface area contributed by atoms with E-state index in [0.29, 0.717) is 11.3 Å². The van der Waals surface area contributed by atoms with Gasteiger partial charge < -0.3 is 10.2 Å². The first kappa shape index (κ1) is 18.3. The number of nitrogens with zero attached hydrogens (tertiary/aromatic N) is 1. The number of anilines is 2. The predicted molar refractivity (Wildman–Crippen MR) is 96.5 cm³/mol. The summed E-state index contributed by atoms with van der Waals surface area (Å²) in [5, 5.41) is 2.68. The number of rotatable bonds is 3. The van der Waals surface area contributed by atoms with Crippen LogP contribution in [0.4, 0.5) is 24.5 Å². The van der Waals surface area contributed by atoms with Crippen molar-refractivity contribution in [3.05, 3.63) is 59.7 Å². The lowest BCUT2D eigenvalue weighted by atomic mass is 10.0. The number of piperidine rings is 1. The first-order valence-corrected chi connectivity index (χ1v) is 8.70. The molecule has 6 heteroatoms. The van der Waals surface area contributed by atoms with Gasteiger partial charge in [0.15, 0.2) is 0 Å². The summed E-state index contributed by atoms with van der Waals surface area (Å²) >= 11 is 0. The van der Waals surface area contributed by atoms with E-state index in [1.54, 1.807) is 30.3 Å². The highest BCUT2D eigenvalue weighted by molar-refractivity contribution is 6.06. The molecule has 1 aliphatic heterocycles. The first-order chi connectivity index (χ1) is 12.4. The molecule has 1 fully saturated rings. The van der Waals surface area contributed by atoms with E-state index in [4.69, 9.17) is 0 Å². The Hall–Kier alpha value is -2.50. The third-order valence-electron chi connectivity index (χ3n) is 4.72. The molecule has 3 nitrogen and oxygen atoms in total. The summed E-state index contributed by atoms with van der Waals surface area (Å²) in [6.07, 6.45) is -1.40. The molecule has 1 aliphatic rings. The molecule has 1 amide bonds. The van der Waals surface area contributed by atoms with Gasteiger partial charge in [-0.05, 0) is 56.5 Å². The maximum absolute atomic E-state index is 13.2. The van der Waals surface area contributed by atoms with E-state index in [-0.39, 0.29) is 11.7 Å². The molecule has 0 bridgehead atoms. The highest BCUT2D eigenvalue weighted by atomic mass is 19.4. The Kier molecular flexibility index (Phi) is 5.20. The van der Waals surface area contributed by atoms with Crippen LogP contribution in [0.25, 0.3) is 0 Å². The second-order valence-electron chi connectivity index (χ2n) is 6.59. The van der Waals surface area contributed by atoms with Gasteiger partial charge in [-0.2, -0.15) is 13.2 Å². The molecule has 26 heavy (non-hydrogen) atoms. The molecule has 2 aromatic rings. The van der Waals surface area contributed by atoms with Gasteiger partial charge in [0.05, 0.1) is 16.9 Å². The summed E-state index contributed by atoms with van der Waals surface area (Å²) < 4.78 is 39.5. The van der Waals surface area contributed by atoms with Crippen molar-refractivity contribution in [3.63, 3.8) is 0 Å². The van der Waals surface area contributed by atoms with E-state index in [0.717, 1.165) is 37.9 Å². The van der Waals surface area contributed by atoms with E-state index < -0.39 is 17.6 Å². The Bertz CT molecular complexity index is 774. The van der Waals surface area contributed by atoms with Crippen LogP contribution in [-0.2, 0) is 6.18 Å². The zero-order chi connectivity index (χ0) is 18.7. The topological polar surface area (TPSA) is 32.3 Å². The van der Waals surface area contributed by atoms with Crippen LogP contribution in [-0.4, -0.2) is 18.5 Å². The lowest BCUT2D eigenvalue weighted by Crippen LogP contribution is -2.38. The molecule has 1 saturated heterocycles. The fourth-order valence-corrected chi connectivity index (χ4v) is 3.30. The standard InChI is InChI=1S/C20H21F3N2O/c1-14-7-5-6-12-25(14)18-11-10-16(20(21,22)23)13-17(18)24-19(26)15-8-3-2-4-9-15/h2-4,8-11,13-14H,5-7,12H2,1H3,(H,24,26). The second kappa shape index (κ2) is 7.40. The highest BCUT2D eigenvalue weighted by Gasteiger charge is 2.32. The lowest BCUT2D eigenvalue weighted by molar-refractivity contribution is -0.137. The van der Waals surface area contributed by atoms with Crippen LogP contribution in [0.3, 0.4) is 0 Å². The summed E-state index contributed by atoms with van der Waals surface area (Å²) in [5.74, 6) is -0.421. The molecule has 0 aliphatic carbocycles. The fraction of sp³-hybridized carbons (Fsp3) is 0.350. The van der Waals surface area contributed by atoms with Crippen molar-refractivity contribution < 1.29 is 18.0 Å². The normalized spacial score (nSPS) is 17.8. The van der Waals surface area contributed by atoms with Crippen LogP contribution in [0.1, 0.15) is 42.1 Å². The minimum absolute atomic E-state index is 0.197. The smallest absolute Gasteiger partial charge is 0.367 e. The van der Waals surface area contributed by atoms with Crippen LogP contribution in [0.2, 0.25) is 0 Å². The largest absolute Gasteiger partial charge is 0.416 e. The van der Waals surface area contributed by atoms with Crippen LogP contribution in [0, 0.1) is 0 Å².